The number of carbonyl (C=O) groups is 2. The van der Waals surface area contributed by atoms with E-state index in [-0.39, 0.29) is 18.5 Å². The lowest BCUT2D eigenvalue weighted by atomic mass is 10.1. The van der Waals surface area contributed by atoms with Crippen molar-refractivity contribution in [3.63, 3.8) is 0 Å². The molecule has 0 bridgehead atoms. The summed E-state index contributed by atoms with van der Waals surface area (Å²) in [6.07, 6.45) is 1.27. The lowest BCUT2D eigenvalue weighted by Crippen LogP contribution is -2.13. The summed E-state index contributed by atoms with van der Waals surface area (Å²) in [5.41, 5.74) is 0.374. The Bertz CT molecular complexity index is 257. The van der Waals surface area contributed by atoms with Crippen LogP contribution in [0, 0.1) is 5.92 Å². The first-order valence-corrected chi connectivity index (χ1v) is 4.60. The highest BCUT2D eigenvalue weighted by atomic mass is 16.5. The summed E-state index contributed by atoms with van der Waals surface area (Å²) in [7, 11) is 0. The summed E-state index contributed by atoms with van der Waals surface area (Å²) < 4.78 is 9.64. The van der Waals surface area contributed by atoms with Gasteiger partial charge in [-0.15, -0.1) is 0 Å². The van der Waals surface area contributed by atoms with Gasteiger partial charge in [0, 0.05) is 5.57 Å². The molecule has 1 aliphatic rings. The van der Waals surface area contributed by atoms with Gasteiger partial charge in [-0.1, -0.05) is 6.58 Å². The van der Waals surface area contributed by atoms with Gasteiger partial charge in [-0.25, -0.2) is 4.79 Å². The van der Waals surface area contributed by atoms with Gasteiger partial charge in [-0.2, -0.15) is 0 Å². The van der Waals surface area contributed by atoms with Crippen LogP contribution in [0.5, 0.6) is 0 Å². The molecule has 1 saturated heterocycles. The minimum absolute atomic E-state index is 0.104. The number of esters is 2. The van der Waals surface area contributed by atoms with E-state index in [0.717, 1.165) is 6.42 Å². The standard InChI is InChI=1S/C10H14O4/c1-7(2)9(11)13-5-3-8-4-6-14-10(8)12/h8H,1,3-6H2,2H3. The van der Waals surface area contributed by atoms with Crippen LogP contribution in [0.25, 0.3) is 0 Å². The number of ether oxygens (including phenoxy) is 2. The number of hydrogen-bond acceptors (Lipinski definition) is 4. The fraction of sp³-hybridized carbons (Fsp3) is 0.600. The van der Waals surface area contributed by atoms with Crippen LogP contribution in [0.15, 0.2) is 12.2 Å². The molecule has 0 aromatic carbocycles. The van der Waals surface area contributed by atoms with E-state index in [0.29, 0.717) is 18.6 Å². The second-order valence-corrected chi connectivity index (χ2v) is 3.36. The van der Waals surface area contributed by atoms with Gasteiger partial charge in [-0.05, 0) is 19.8 Å². The van der Waals surface area contributed by atoms with Gasteiger partial charge in [-0.3, -0.25) is 4.79 Å². The summed E-state index contributed by atoms with van der Waals surface area (Å²) >= 11 is 0. The fourth-order valence-corrected chi connectivity index (χ4v) is 1.22. The third-order valence-electron chi connectivity index (χ3n) is 2.09. The largest absolute Gasteiger partial charge is 0.465 e. The van der Waals surface area contributed by atoms with Crippen molar-refractivity contribution >= 4 is 11.9 Å². The lowest BCUT2D eigenvalue weighted by Gasteiger charge is -2.06. The van der Waals surface area contributed by atoms with E-state index in [2.05, 4.69) is 6.58 Å². The zero-order valence-corrected chi connectivity index (χ0v) is 8.25. The van der Waals surface area contributed by atoms with Crippen LogP contribution in [0.3, 0.4) is 0 Å². The molecule has 14 heavy (non-hydrogen) atoms. The fourth-order valence-electron chi connectivity index (χ4n) is 1.22. The van der Waals surface area contributed by atoms with Gasteiger partial charge in [0.25, 0.3) is 0 Å². The van der Waals surface area contributed by atoms with E-state index in [9.17, 15) is 9.59 Å². The van der Waals surface area contributed by atoms with Crippen LogP contribution in [0.2, 0.25) is 0 Å². The Morgan fingerprint density at radius 1 is 1.71 bits per heavy atom. The Morgan fingerprint density at radius 2 is 2.43 bits per heavy atom. The summed E-state index contributed by atoms with van der Waals surface area (Å²) in [5.74, 6) is -0.694. The Balaban J connectivity index is 2.18. The maximum Gasteiger partial charge on any atom is 0.333 e. The number of carbonyl (C=O) groups excluding carboxylic acids is 2. The van der Waals surface area contributed by atoms with Crippen molar-refractivity contribution in [2.45, 2.75) is 19.8 Å². The molecule has 1 heterocycles. The zero-order valence-electron chi connectivity index (χ0n) is 8.25. The quantitative estimate of drug-likeness (QED) is 0.500. The molecule has 0 aromatic rings. The van der Waals surface area contributed by atoms with Crippen molar-refractivity contribution in [1.82, 2.24) is 0 Å². The highest BCUT2D eigenvalue weighted by Crippen LogP contribution is 2.17. The zero-order chi connectivity index (χ0) is 10.6. The molecule has 0 radical (unpaired) electrons. The molecular formula is C10H14O4. The average Bonchev–Trinajstić information content (AvgIpc) is 2.51. The topological polar surface area (TPSA) is 52.6 Å². The predicted octanol–water partition coefficient (Wildman–Crippen LogP) is 1.06. The lowest BCUT2D eigenvalue weighted by molar-refractivity contribution is -0.144. The van der Waals surface area contributed by atoms with Crippen LogP contribution in [-0.2, 0) is 19.1 Å². The van der Waals surface area contributed by atoms with Crippen molar-refractivity contribution in [1.29, 1.82) is 0 Å². The first-order valence-electron chi connectivity index (χ1n) is 4.60. The molecule has 1 aliphatic heterocycles. The van der Waals surface area contributed by atoms with Crippen LogP contribution in [0.4, 0.5) is 0 Å². The molecule has 0 N–H and O–H groups in total. The van der Waals surface area contributed by atoms with Gasteiger partial charge in [0.15, 0.2) is 0 Å². The first-order chi connectivity index (χ1) is 6.61. The maximum atomic E-state index is 11.0. The average molecular weight is 198 g/mol. The molecule has 1 unspecified atom stereocenters. The molecule has 0 amide bonds. The molecule has 0 spiro atoms. The van der Waals surface area contributed by atoms with Gasteiger partial charge in [0.05, 0.1) is 19.1 Å². The Hall–Kier alpha value is -1.32. The second kappa shape index (κ2) is 4.79. The molecule has 78 valence electrons. The number of cyclic esters (lactones) is 1. The van der Waals surface area contributed by atoms with Crippen LogP contribution in [0.1, 0.15) is 19.8 Å². The van der Waals surface area contributed by atoms with Crippen LogP contribution >= 0.6 is 0 Å². The monoisotopic (exact) mass is 198 g/mol. The van der Waals surface area contributed by atoms with Crippen molar-refractivity contribution < 1.29 is 19.1 Å². The van der Waals surface area contributed by atoms with Gasteiger partial charge in [0.2, 0.25) is 0 Å². The van der Waals surface area contributed by atoms with Crippen LogP contribution < -0.4 is 0 Å². The SMILES string of the molecule is C=C(C)C(=O)OCCC1CCOC1=O. The normalized spacial score (nSPS) is 20.4. The first kappa shape index (κ1) is 10.8. The molecule has 1 fully saturated rings. The molecule has 0 aliphatic carbocycles. The van der Waals surface area contributed by atoms with Crippen molar-refractivity contribution in [2.24, 2.45) is 5.92 Å². The van der Waals surface area contributed by atoms with Crippen LogP contribution in [-0.4, -0.2) is 25.2 Å². The van der Waals surface area contributed by atoms with E-state index in [4.69, 9.17) is 9.47 Å². The minimum atomic E-state index is -0.406. The van der Waals surface area contributed by atoms with E-state index in [1.165, 1.54) is 0 Å². The predicted molar refractivity (Wildman–Crippen MR) is 49.5 cm³/mol. The van der Waals surface area contributed by atoms with E-state index >= 15 is 0 Å². The highest BCUT2D eigenvalue weighted by Gasteiger charge is 2.26. The summed E-state index contributed by atoms with van der Waals surface area (Å²) in [5, 5.41) is 0. The summed E-state index contributed by atoms with van der Waals surface area (Å²) in [4.78, 5) is 22.0. The van der Waals surface area contributed by atoms with Crippen molar-refractivity contribution in [2.75, 3.05) is 13.2 Å². The molecule has 4 heteroatoms. The number of rotatable bonds is 4. The Morgan fingerprint density at radius 3 is 2.93 bits per heavy atom. The molecule has 1 atom stereocenters. The minimum Gasteiger partial charge on any atom is -0.465 e. The van der Waals surface area contributed by atoms with Gasteiger partial charge >= 0.3 is 11.9 Å². The molecule has 0 saturated carbocycles. The van der Waals surface area contributed by atoms with Gasteiger partial charge < -0.3 is 9.47 Å². The number of hydrogen-bond donors (Lipinski definition) is 0. The Kier molecular flexibility index (Phi) is 3.68. The van der Waals surface area contributed by atoms with Crippen molar-refractivity contribution in [3.8, 4) is 0 Å². The molecule has 4 nitrogen and oxygen atoms in total. The van der Waals surface area contributed by atoms with Crippen molar-refractivity contribution in [3.05, 3.63) is 12.2 Å². The molecule has 0 aromatic heterocycles. The molecular weight excluding hydrogens is 184 g/mol. The van der Waals surface area contributed by atoms with E-state index in [1.54, 1.807) is 6.92 Å². The second-order valence-electron chi connectivity index (χ2n) is 3.36. The summed E-state index contributed by atoms with van der Waals surface area (Å²) in [6.45, 7) is 5.78. The van der Waals surface area contributed by atoms with E-state index in [1.807, 2.05) is 0 Å². The smallest absolute Gasteiger partial charge is 0.333 e. The third kappa shape index (κ3) is 2.87. The van der Waals surface area contributed by atoms with Gasteiger partial charge in [0.1, 0.15) is 0 Å². The Labute approximate surface area is 82.9 Å². The highest BCUT2D eigenvalue weighted by molar-refractivity contribution is 5.86. The maximum absolute atomic E-state index is 11.0. The summed E-state index contributed by atoms with van der Waals surface area (Å²) in [6, 6.07) is 0. The van der Waals surface area contributed by atoms with E-state index < -0.39 is 5.97 Å². The molecule has 1 rings (SSSR count). The third-order valence-corrected chi connectivity index (χ3v) is 2.09.